The molecule has 0 unspecified atom stereocenters. The molecule has 3 aromatic rings. The van der Waals surface area contributed by atoms with E-state index in [4.69, 9.17) is 20.6 Å². The summed E-state index contributed by atoms with van der Waals surface area (Å²) in [6.07, 6.45) is -1.62. The van der Waals surface area contributed by atoms with Crippen molar-refractivity contribution in [2.75, 3.05) is 10.2 Å². The number of aryl methyl sites for hydroxylation is 1. The molecule has 4 rings (SSSR count). The van der Waals surface area contributed by atoms with Crippen molar-refractivity contribution in [2.24, 2.45) is 0 Å². The second-order valence-corrected chi connectivity index (χ2v) is 6.10. The highest BCUT2D eigenvalue weighted by atomic mass is 19.1. The number of hydrogen-bond donors (Lipinski definition) is 1. The van der Waals surface area contributed by atoms with Crippen LogP contribution in [0.2, 0.25) is 0 Å². The van der Waals surface area contributed by atoms with E-state index in [1.54, 1.807) is 0 Å². The van der Waals surface area contributed by atoms with Crippen molar-refractivity contribution in [3.63, 3.8) is 0 Å². The fourth-order valence-corrected chi connectivity index (χ4v) is 2.99. The van der Waals surface area contributed by atoms with Gasteiger partial charge < -0.3 is 10.2 Å². The first-order valence-electron chi connectivity index (χ1n) is 15.8. The molecule has 1 aliphatic heterocycles. The van der Waals surface area contributed by atoms with Crippen LogP contribution in [0.1, 0.15) is 53.2 Å². The molecule has 0 fully saturated rings. The number of benzene rings is 1. The van der Waals surface area contributed by atoms with Crippen molar-refractivity contribution in [3.8, 4) is 17.3 Å². The summed E-state index contributed by atoms with van der Waals surface area (Å²) in [6.45, 7) is -15.0. The molecule has 1 aromatic carbocycles. The Morgan fingerprint density at radius 2 is 2.10 bits per heavy atom. The molecule has 0 aliphatic carbocycles. The number of hydrogen-bond acceptors (Lipinski definition) is 5. The lowest BCUT2D eigenvalue weighted by Crippen LogP contribution is -2.51. The molecule has 2 aromatic heterocycles. The van der Waals surface area contributed by atoms with E-state index < -0.39 is 86.5 Å². The normalized spacial score (nSPS) is 25.9. The van der Waals surface area contributed by atoms with Crippen molar-refractivity contribution in [1.29, 1.82) is 0 Å². The van der Waals surface area contributed by atoms with E-state index in [1.807, 2.05) is 5.32 Å². The Balaban J connectivity index is 2.18. The van der Waals surface area contributed by atoms with E-state index in [0.29, 0.717) is 6.07 Å². The van der Waals surface area contributed by atoms with E-state index >= 15 is 0 Å². The van der Waals surface area contributed by atoms with Crippen molar-refractivity contribution in [2.45, 2.75) is 45.8 Å². The molecule has 0 saturated heterocycles. The molecule has 0 spiro atoms. The first-order chi connectivity index (χ1) is 20.2. The average Bonchev–Trinajstić information content (AvgIpc) is 3.33. The summed E-state index contributed by atoms with van der Waals surface area (Å²) in [5.41, 5.74) is -2.24. The third-order valence-electron chi connectivity index (χ3n) is 4.22. The third kappa shape index (κ3) is 3.30. The number of carbonyl (C=O) groups is 1. The fraction of sp³-hybridized carbons (Fsp3) is 0.333. The maximum Gasteiger partial charge on any atom is 0.247 e. The minimum absolute atomic E-state index is 0.174. The lowest BCUT2D eigenvalue weighted by molar-refractivity contribution is -0.117. The molecule has 156 valence electrons. The predicted octanol–water partition coefficient (Wildman–Crippen LogP) is 3.86. The van der Waals surface area contributed by atoms with Crippen LogP contribution in [0.3, 0.4) is 0 Å². The van der Waals surface area contributed by atoms with E-state index in [2.05, 4.69) is 15.0 Å². The average molecular weight is 428 g/mol. The SMILES string of the molecule is [2H]C([2H])([2H])c1nc(-n2ccnc2-c2cc(F)cc(F)c2)nc2c1NC(=O)[C@@H](C([2H])([2H])C([2H])([2H])[2H])N2C([2H])(C([2H])([2H])[2H])C([2H])([2H])[2H]. The van der Waals surface area contributed by atoms with Gasteiger partial charge in [0, 0.05) is 49.2 Å². The first kappa shape index (κ1) is 8.79. The molecular weight excluding hydrogens is 390 g/mol. The van der Waals surface area contributed by atoms with Crippen LogP contribution in [-0.4, -0.2) is 37.5 Å². The molecule has 0 bridgehead atoms. The Hall–Kier alpha value is -3.36. The van der Waals surface area contributed by atoms with Gasteiger partial charge in [-0.3, -0.25) is 9.36 Å². The van der Waals surface area contributed by atoms with E-state index in [9.17, 15) is 13.6 Å². The van der Waals surface area contributed by atoms with Crippen molar-refractivity contribution >= 4 is 17.4 Å². The van der Waals surface area contributed by atoms with Crippen LogP contribution in [0.4, 0.5) is 20.3 Å². The molecule has 9 heteroatoms. The van der Waals surface area contributed by atoms with Gasteiger partial charge in [-0.05, 0) is 39.1 Å². The molecule has 0 saturated carbocycles. The zero-order valence-electron chi connectivity index (χ0n) is 29.9. The molecule has 3 heterocycles. The zero-order chi connectivity index (χ0) is 34.3. The Morgan fingerprint density at radius 1 is 1.30 bits per heavy atom. The van der Waals surface area contributed by atoms with Gasteiger partial charge in [0.1, 0.15) is 29.2 Å². The van der Waals surface area contributed by atoms with Crippen LogP contribution in [0.5, 0.6) is 0 Å². The van der Waals surface area contributed by atoms with Gasteiger partial charge in [0.15, 0.2) is 5.82 Å². The van der Waals surface area contributed by atoms with Crippen LogP contribution in [0.25, 0.3) is 17.3 Å². The smallest absolute Gasteiger partial charge is 0.247 e. The van der Waals surface area contributed by atoms with E-state index in [0.717, 1.165) is 29.1 Å². The maximum absolute atomic E-state index is 14.1. The molecule has 0 radical (unpaired) electrons. The molecule has 1 N–H and O–H groups in total. The van der Waals surface area contributed by atoms with Crippen LogP contribution in [0.15, 0.2) is 30.6 Å². The van der Waals surface area contributed by atoms with Crippen molar-refractivity contribution < 1.29 is 34.1 Å². The lowest BCUT2D eigenvalue weighted by Gasteiger charge is -2.39. The Bertz CT molecular complexity index is 1610. The number of amides is 1. The van der Waals surface area contributed by atoms with Crippen molar-refractivity contribution in [1.82, 2.24) is 19.5 Å². The molecule has 1 amide bonds. The molecule has 7 nitrogen and oxygen atoms in total. The van der Waals surface area contributed by atoms with Gasteiger partial charge in [-0.2, -0.15) is 4.98 Å². The topological polar surface area (TPSA) is 75.9 Å². The summed E-state index contributed by atoms with van der Waals surface area (Å²) in [7, 11) is 0. The van der Waals surface area contributed by atoms with Gasteiger partial charge in [-0.15, -0.1) is 0 Å². The Kier molecular flexibility index (Phi) is 2.19. The number of fused-ring (bicyclic) bond motifs is 1. The number of carbonyl (C=O) groups excluding carboxylic acids is 1. The molecule has 1 aliphatic rings. The van der Waals surface area contributed by atoms with Crippen LogP contribution in [-0.2, 0) is 4.79 Å². The van der Waals surface area contributed by atoms with Crippen LogP contribution in [0, 0.1) is 18.5 Å². The summed E-state index contributed by atoms with van der Waals surface area (Å²) in [5.74, 6) is -6.00. The molecule has 1 atom stereocenters. The van der Waals surface area contributed by atoms with Crippen molar-refractivity contribution in [3.05, 3.63) is 47.9 Å². The van der Waals surface area contributed by atoms with Gasteiger partial charge >= 0.3 is 0 Å². The van der Waals surface area contributed by atoms with E-state index in [-0.39, 0.29) is 16.3 Å². The second-order valence-electron chi connectivity index (χ2n) is 6.10. The summed E-state index contributed by atoms with van der Waals surface area (Å²) in [4.78, 5) is 25.2. The van der Waals surface area contributed by atoms with Gasteiger partial charge in [0.05, 0.1) is 7.06 Å². The highest BCUT2D eigenvalue weighted by Crippen LogP contribution is 2.35. The summed E-state index contributed by atoms with van der Waals surface area (Å²) >= 11 is 0. The summed E-state index contributed by atoms with van der Waals surface area (Å²) in [5, 5.41) is 1.97. The first-order valence-corrected chi connectivity index (χ1v) is 8.26. The van der Waals surface area contributed by atoms with Gasteiger partial charge in [-0.1, -0.05) is 6.85 Å². The molecular formula is C21H22F2N6O. The maximum atomic E-state index is 14.1. The third-order valence-corrected chi connectivity index (χ3v) is 4.22. The Labute approximate surface area is 193 Å². The highest BCUT2D eigenvalue weighted by Gasteiger charge is 2.36. The van der Waals surface area contributed by atoms with Gasteiger partial charge in [0.25, 0.3) is 0 Å². The minimum Gasteiger partial charge on any atom is -0.340 e. The number of rotatable bonds is 4. The zero-order valence-corrected chi connectivity index (χ0v) is 14.9. The molecule has 30 heavy (non-hydrogen) atoms. The summed E-state index contributed by atoms with van der Waals surface area (Å²) < 4.78 is 150. The monoisotopic (exact) mass is 427 g/mol. The minimum atomic E-state index is -4.03. The number of halogens is 2. The van der Waals surface area contributed by atoms with Crippen LogP contribution >= 0.6 is 0 Å². The van der Waals surface area contributed by atoms with Crippen LogP contribution < -0.4 is 10.2 Å². The standard InChI is InChI=1S/C21H22F2N6O/c1-5-16-20(30)26-17-12(4)25-21(27-19(17)29(16)11(2)3)28-7-6-24-18(28)13-8-14(22)10-15(23)9-13/h6-11,16H,5H2,1-4H3,(H,26,30)/t16-/m1/s1/i1D3,2D3,3D3,4D3,5D2,11D. The number of nitrogens with one attached hydrogen (secondary N) is 1. The Morgan fingerprint density at radius 3 is 2.80 bits per heavy atom. The predicted molar refractivity (Wildman–Crippen MR) is 110 cm³/mol. The van der Waals surface area contributed by atoms with Gasteiger partial charge in [-0.25, -0.2) is 18.7 Å². The number of nitrogens with zero attached hydrogens (tertiary/aromatic N) is 5. The highest BCUT2D eigenvalue weighted by molar-refractivity contribution is 6.03. The quantitative estimate of drug-likeness (QED) is 0.684. The summed E-state index contributed by atoms with van der Waals surface area (Å²) in [6, 6.07) is -4.71. The number of aromatic nitrogens is 4. The van der Waals surface area contributed by atoms with E-state index in [1.165, 1.54) is 0 Å². The number of anilines is 2. The largest absolute Gasteiger partial charge is 0.340 e. The lowest BCUT2D eigenvalue weighted by atomic mass is 10.1. The van der Waals surface area contributed by atoms with Gasteiger partial charge in [0.2, 0.25) is 11.9 Å². The second kappa shape index (κ2) is 7.47. The number of imidazole rings is 1. The fourth-order valence-electron chi connectivity index (χ4n) is 2.99.